The molecule has 0 aliphatic carbocycles. The molecule has 0 aromatic heterocycles. The monoisotopic (exact) mass is 333 g/mol. The number of amides is 1. The fourth-order valence-corrected chi connectivity index (χ4v) is 1.79. The van der Waals surface area contributed by atoms with Crippen LogP contribution in [0.15, 0.2) is 42.5 Å². The van der Waals surface area contributed by atoms with Crippen LogP contribution in [0, 0.1) is 5.92 Å². The number of rotatable bonds is 8. The molecule has 0 heterocycles. The van der Waals surface area contributed by atoms with Gasteiger partial charge in [-0.15, -0.1) is 0 Å². The summed E-state index contributed by atoms with van der Waals surface area (Å²) in [4.78, 5) is 34.9. The second kappa shape index (κ2) is 10.2. The van der Waals surface area contributed by atoms with Gasteiger partial charge in [-0.25, -0.2) is 9.59 Å². The van der Waals surface area contributed by atoms with Crippen LogP contribution in [0.4, 0.5) is 0 Å². The molecule has 1 amide bonds. The molecule has 24 heavy (non-hydrogen) atoms. The van der Waals surface area contributed by atoms with Gasteiger partial charge in [0.2, 0.25) is 0 Å². The quantitative estimate of drug-likeness (QED) is 0.582. The summed E-state index contributed by atoms with van der Waals surface area (Å²) in [5.74, 6) is -1.43. The van der Waals surface area contributed by atoms with Gasteiger partial charge in [0.25, 0.3) is 5.91 Å². The summed E-state index contributed by atoms with van der Waals surface area (Å²) >= 11 is 0. The lowest BCUT2D eigenvalue weighted by molar-refractivity contribution is -0.140. The van der Waals surface area contributed by atoms with E-state index in [-0.39, 0.29) is 31.1 Å². The van der Waals surface area contributed by atoms with Gasteiger partial charge in [0.15, 0.2) is 0 Å². The number of carbonyl (C=O) groups excluding carboxylic acids is 3. The third-order valence-corrected chi connectivity index (χ3v) is 3.20. The van der Waals surface area contributed by atoms with Crippen LogP contribution in [-0.4, -0.2) is 37.1 Å². The summed E-state index contributed by atoms with van der Waals surface area (Å²) in [6, 6.07) is 8.47. The molecule has 0 fully saturated rings. The van der Waals surface area contributed by atoms with Gasteiger partial charge in [0, 0.05) is 17.7 Å². The highest BCUT2D eigenvalue weighted by Crippen LogP contribution is 2.06. The van der Waals surface area contributed by atoms with Crippen LogP contribution >= 0.6 is 0 Å². The Morgan fingerprint density at radius 3 is 2.17 bits per heavy atom. The summed E-state index contributed by atoms with van der Waals surface area (Å²) in [6.45, 7) is 5.75. The molecule has 0 saturated heterocycles. The number of hydrogen-bond donors (Lipinski definition) is 1. The highest BCUT2D eigenvalue weighted by atomic mass is 16.5. The van der Waals surface area contributed by atoms with Crippen molar-refractivity contribution in [2.24, 2.45) is 5.92 Å². The summed E-state index contributed by atoms with van der Waals surface area (Å²) < 4.78 is 9.75. The first kappa shape index (κ1) is 19.4. The molecule has 6 heteroatoms. The van der Waals surface area contributed by atoms with Crippen molar-refractivity contribution in [3.8, 4) is 0 Å². The Morgan fingerprint density at radius 1 is 1.04 bits per heavy atom. The summed E-state index contributed by atoms with van der Waals surface area (Å²) in [7, 11) is 0. The first-order valence-corrected chi connectivity index (χ1v) is 7.81. The highest BCUT2D eigenvalue weighted by molar-refractivity contribution is 5.94. The van der Waals surface area contributed by atoms with Crippen LogP contribution in [0.25, 0.3) is 0 Å². The zero-order chi connectivity index (χ0) is 17.9. The van der Waals surface area contributed by atoms with Crippen molar-refractivity contribution in [2.45, 2.75) is 26.8 Å². The number of esters is 2. The topological polar surface area (TPSA) is 81.7 Å². The van der Waals surface area contributed by atoms with Gasteiger partial charge < -0.3 is 14.8 Å². The summed E-state index contributed by atoms with van der Waals surface area (Å²) in [6.07, 6.45) is 2.02. The van der Waals surface area contributed by atoms with E-state index in [1.165, 1.54) is 0 Å². The van der Waals surface area contributed by atoms with E-state index in [0.29, 0.717) is 5.56 Å². The molecule has 0 saturated carbocycles. The fourth-order valence-electron chi connectivity index (χ4n) is 1.79. The van der Waals surface area contributed by atoms with Crippen molar-refractivity contribution in [2.75, 3.05) is 13.2 Å². The van der Waals surface area contributed by atoms with E-state index < -0.39 is 11.9 Å². The fraction of sp³-hybridized carbons (Fsp3) is 0.389. The van der Waals surface area contributed by atoms with Crippen molar-refractivity contribution in [3.05, 3.63) is 48.0 Å². The van der Waals surface area contributed by atoms with E-state index in [2.05, 4.69) is 10.1 Å². The average molecular weight is 333 g/mol. The maximum Gasteiger partial charge on any atom is 0.331 e. The molecule has 0 unspecified atom stereocenters. The third kappa shape index (κ3) is 7.09. The van der Waals surface area contributed by atoms with Crippen LogP contribution < -0.4 is 5.32 Å². The minimum Gasteiger partial charge on any atom is -0.463 e. The second-order valence-electron chi connectivity index (χ2n) is 5.41. The Balaban J connectivity index is 2.53. The van der Waals surface area contributed by atoms with E-state index in [9.17, 15) is 14.4 Å². The molecular formula is C18H23NO5. The normalized spacial score (nSPS) is 12.0. The van der Waals surface area contributed by atoms with Crippen molar-refractivity contribution in [1.29, 1.82) is 0 Å². The Bertz CT molecular complexity index is 580. The van der Waals surface area contributed by atoms with E-state index >= 15 is 0 Å². The number of nitrogens with one attached hydrogen (secondary N) is 1. The average Bonchev–Trinajstić information content (AvgIpc) is 2.57. The Kier molecular flexibility index (Phi) is 8.25. The molecule has 1 aromatic carbocycles. The number of ether oxygens (including phenoxy) is 2. The van der Waals surface area contributed by atoms with Crippen LogP contribution in [0.2, 0.25) is 0 Å². The summed E-state index contributed by atoms with van der Waals surface area (Å²) in [5.41, 5.74) is 0.539. The molecule has 6 nitrogen and oxygen atoms in total. The molecule has 1 N–H and O–H groups in total. The second-order valence-corrected chi connectivity index (χ2v) is 5.41. The van der Waals surface area contributed by atoms with Crippen LogP contribution in [0.1, 0.15) is 31.1 Å². The zero-order valence-corrected chi connectivity index (χ0v) is 14.2. The van der Waals surface area contributed by atoms with Crippen molar-refractivity contribution in [3.63, 3.8) is 0 Å². The molecule has 0 spiro atoms. The van der Waals surface area contributed by atoms with Gasteiger partial charge in [-0.3, -0.25) is 4.79 Å². The van der Waals surface area contributed by atoms with Crippen LogP contribution in [0.5, 0.6) is 0 Å². The molecule has 130 valence electrons. The highest BCUT2D eigenvalue weighted by Gasteiger charge is 2.18. The van der Waals surface area contributed by atoms with Gasteiger partial charge in [-0.2, -0.15) is 0 Å². The Labute approximate surface area is 141 Å². The minimum atomic E-state index is -0.664. The SMILES string of the molecule is CCOC(=O)/C=C/C(=O)OC[C@H](NC(=O)c1ccccc1)C(C)C. The molecule has 0 radical (unpaired) electrons. The number of carbonyl (C=O) groups is 3. The minimum absolute atomic E-state index is 0.0161. The first-order chi connectivity index (χ1) is 11.4. The van der Waals surface area contributed by atoms with Crippen LogP contribution in [0.3, 0.4) is 0 Å². The van der Waals surface area contributed by atoms with Crippen molar-refractivity contribution in [1.82, 2.24) is 5.32 Å². The number of hydrogen-bond acceptors (Lipinski definition) is 5. The van der Waals surface area contributed by atoms with Gasteiger partial charge in [0.05, 0.1) is 12.6 Å². The van der Waals surface area contributed by atoms with E-state index in [1.807, 2.05) is 19.9 Å². The number of benzene rings is 1. The summed E-state index contributed by atoms with van der Waals surface area (Å²) in [5, 5.41) is 2.84. The molecule has 1 aromatic rings. The molecule has 1 atom stereocenters. The lowest BCUT2D eigenvalue weighted by atomic mass is 10.0. The maximum absolute atomic E-state index is 12.2. The smallest absolute Gasteiger partial charge is 0.331 e. The lowest BCUT2D eigenvalue weighted by Gasteiger charge is -2.21. The molecule has 0 aliphatic rings. The van der Waals surface area contributed by atoms with Gasteiger partial charge in [-0.1, -0.05) is 32.0 Å². The third-order valence-electron chi connectivity index (χ3n) is 3.20. The standard InChI is InChI=1S/C18H23NO5/c1-4-23-16(20)10-11-17(21)24-12-15(13(2)3)19-18(22)14-8-6-5-7-9-14/h5-11,13,15H,4,12H2,1-3H3,(H,19,22)/b11-10+/t15-/m0/s1. The zero-order valence-electron chi connectivity index (χ0n) is 14.2. The van der Waals surface area contributed by atoms with E-state index in [1.54, 1.807) is 31.2 Å². The molecule has 1 rings (SSSR count). The van der Waals surface area contributed by atoms with Gasteiger partial charge >= 0.3 is 11.9 Å². The Morgan fingerprint density at radius 2 is 1.62 bits per heavy atom. The predicted octanol–water partition coefficient (Wildman–Crippen LogP) is 2.10. The maximum atomic E-state index is 12.2. The van der Waals surface area contributed by atoms with E-state index in [4.69, 9.17) is 4.74 Å². The largest absolute Gasteiger partial charge is 0.463 e. The molecule has 0 aliphatic heterocycles. The molecular weight excluding hydrogens is 310 g/mol. The Hall–Kier alpha value is -2.63. The van der Waals surface area contributed by atoms with Gasteiger partial charge in [-0.05, 0) is 25.0 Å². The molecule has 0 bridgehead atoms. The van der Waals surface area contributed by atoms with Crippen molar-refractivity contribution >= 4 is 17.8 Å². The van der Waals surface area contributed by atoms with E-state index in [0.717, 1.165) is 12.2 Å². The lowest BCUT2D eigenvalue weighted by Crippen LogP contribution is -2.42. The predicted molar refractivity (Wildman–Crippen MR) is 89.3 cm³/mol. The van der Waals surface area contributed by atoms with Crippen molar-refractivity contribution < 1.29 is 23.9 Å². The van der Waals surface area contributed by atoms with Crippen LogP contribution in [-0.2, 0) is 19.1 Å². The van der Waals surface area contributed by atoms with Gasteiger partial charge in [0.1, 0.15) is 6.61 Å². The first-order valence-electron chi connectivity index (χ1n) is 7.81.